The van der Waals surface area contributed by atoms with Crippen LogP contribution in [-0.4, -0.2) is 20.9 Å². The summed E-state index contributed by atoms with van der Waals surface area (Å²) in [6, 6.07) is 6.06. The van der Waals surface area contributed by atoms with Gasteiger partial charge in [0.25, 0.3) is 0 Å². The fraction of sp³-hybridized carbons (Fsp3) is 0. The molecule has 0 saturated heterocycles. The van der Waals surface area contributed by atoms with E-state index in [0.717, 1.165) is 16.9 Å². The molecule has 0 amide bonds. The molecule has 0 unspecified atom stereocenters. The summed E-state index contributed by atoms with van der Waals surface area (Å²) in [5, 5.41) is 13.2. The second kappa shape index (κ2) is 4.86. The van der Waals surface area contributed by atoms with Crippen LogP contribution in [0.3, 0.4) is 0 Å². The first kappa shape index (κ1) is 13.0. The molecule has 0 saturated carbocycles. The molecule has 2 aromatic heterocycles. The minimum absolute atomic E-state index is 0.0586. The van der Waals surface area contributed by atoms with Crippen LogP contribution in [0.5, 0.6) is 0 Å². The summed E-state index contributed by atoms with van der Waals surface area (Å²) < 4.78 is 32.8. The molecule has 0 fully saturated rings. The zero-order valence-corrected chi connectivity index (χ0v) is 10.5. The second-order valence-electron chi connectivity index (χ2n) is 4.21. The fourth-order valence-corrected chi connectivity index (χ4v) is 1.92. The van der Waals surface area contributed by atoms with Crippen molar-refractivity contribution < 1.29 is 23.1 Å². The minimum Gasteiger partial charge on any atom is -0.478 e. The minimum atomic E-state index is -1.23. The van der Waals surface area contributed by atoms with E-state index < -0.39 is 17.6 Å². The van der Waals surface area contributed by atoms with E-state index in [0.29, 0.717) is 6.07 Å². The van der Waals surface area contributed by atoms with Crippen molar-refractivity contribution in [3.05, 3.63) is 60.0 Å². The van der Waals surface area contributed by atoms with Gasteiger partial charge in [-0.25, -0.2) is 18.3 Å². The highest BCUT2D eigenvalue weighted by Crippen LogP contribution is 2.25. The molecule has 3 rings (SSSR count). The Balaban J connectivity index is 2.17. The summed E-state index contributed by atoms with van der Waals surface area (Å²) in [7, 11) is 0. The number of aromatic carboxylic acids is 1. The van der Waals surface area contributed by atoms with Gasteiger partial charge >= 0.3 is 5.97 Å². The van der Waals surface area contributed by atoms with Crippen LogP contribution >= 0.6 is 0 Å². The van der Waals surface area contributed by atoms with Gasteiger partial charge in [-0.3, -0.25) is 0 Å². The first-order chi connectivity index (χ1) is 10.1. The number of hydrogen-bond acceptors (Lipinski definition) is 3. The molecular weight excluding hydrogens is 282 g/mol. The van der Waals surface area contributed by atoms with E-state index in [-0.39, 0.29) is 22.7 Å². The number of carboxylic acids is 1. The van der Waals surface area contributed by atoms with E-state index in [1.54, 1.807) is 12.1 Å². The molecule has 5 nitrogen and oxygen atoms in total. The molecule has 106 valence electrons. The van der Waals surface area contributed by atoms with Crippen molar-refractivity contribution in [2.45, 2.75) is 0 Å². The molecule has 21 heavy (non-hydrogen) atoms. The van der Waals surface area contributed by atoms with Gasteiger partial charge in [0.1, 0.15) is 22.8 Å². The smallest absolute Gasteiger partial charge is 0.339 e. The van der Waals surface area contributed by atoms with Crippen molar-refractivity contribution in [1.82, 2.24) is 9.78 Å². The number of hydrogen-bond donors (Lipinski definition) is 1. The van der Waals surface area contributed by atoms with Crippen LogP contribution in [0.4, 0.5) is 8.78 Å². The van der Waals surface area contributed by atoms with Gasteiger partial charge in [-0.1, -0.05) is 0 Å². The summed E-state index contributed by atoms with van der Waals surface area (Å²) in [4.78, 5) is 11.3. The molecule has 3 aromatic rings. The third-order valence-corrected chi connectivity index (χ3v) is 2.86. The number of aromatic nitrogens is 2. The SMILES string of the molecule is O=C(O)c1cn(-c2ccc(F)cc2F)nc1-c1ccco1. The number of nitrogens with zero attached hydrogens (tertiary/aromatic N) is 2. The molecule has 2 heterocycles. The van der Waals surface area contributed by atoms with E-state index in [9.17, 15) is 18.7 Å². The van der Waals surface area contributed by atoms with Crippen LogP contribution in [0, 0.1) is 11.6 Å². The first-order valence-corrected chi connectivity index (χ1v) is 5.88. The molecule has 0 bridgehead atoms. The Labute approximate surface area is 117 Å². The maximum Gasteiger partial charge on any atom is 0.339 e. The summed E-state index contributed by atoms with van der Waals surface area (Å²) in [5.41, 5.74) is -0.137. The van der Waals surface area contributed by atoms with Gasteiger partial charge in [-0.2, -0.15) is 5.10 Å². The number of benzene rings is 1. The van der Waals surface area contributed by atoms with Gasteiger partial charge in [-0.15, -0.1) is 0 Å². The predicted molar refractivity (Wildman–Crippen MR) is 68.1 cm³/mol. The van der Waals surface area contributed by atoms with Crippen molar-refractivity contribution in [2.24, 2.45) is 0 Å². The number of carboxylic acid groups (broad SMARTS) is 1. The molecule has 7 heteroatoms. The Morgan fingerprint density at radius 2 is 2.10 bits per heavy atom. The van der Waals surface area contributed by atoms with Crippen molar-refractivity contribution in [3.8, 4) is 17.1 Å². The zero-order chi connectivity index (χ0) is 15.0. The average Bonchev–Trinajstić information content (AvgIpc) is 3.07. The standard InChI is InChI=1S/C14H8F2N2O3/c15-8-3-4-11(10(16)6-8)18-7-9(14(19)20)13(17-18)12-2-1-5-21-12/h1-7H,(H,19,20). The monoisotopic (exact) mass is 290 g/mol. The van der Waals surface area contributed by atoms with E-state index in [1.807, 2.05) is 0 Å². The molecule has 0 aliphatic carbocycles. The highest BCUT2D eigenvalue weighted by Gasteiger charge is 2.20. The maximum absolute atomic E-state index is 13.7. The molecule has 1 N–H and O–H groups in total. The third-order valence-electron chi connectivity index (χ3n) is 2.86. The summed E-state index contributed by atoms with van der Waals surface area (Å²) in [6.07, 6.45) is 2.52. The molecule has 0 atom stereocenters. The van der Waals surface area contributed by atoms with Crippen LogP contribution in [0.25, 0.3) is 17.1 Å². The van der Waals surface area contributed by atoms with E-state index >= 15 is 0 Å². The van der Waals surface area contributed by atoms with Crippen molar-refractivity contribution >= 4 is 5.97 Å². The lowest BCUT2D eigenvalue weighted by atomic mass is 10.2. The average molecular weight is 290 g/mol. The van der Waals surface area contributed by atoms with Gasteiger partial charge in [-0.05, 0) is 24.3 Å². The summed E-state index contributed by atoms with van der Waals surface area (Å²) in [6.45, 7) is 0. The van der Waals surface area contributed by atoms with Crippen LogP contribution in [0.1, 0.15) is 10.4 Å². The van der Waals surface area contributed by atoms with Gasteiger partial charge < -0.3 is 9.52 Å². The van der Waals surface area contributed by atoms with Crippen LogP contribution in [0.15, 0.2) is 47.2 Å². The van der Waals surface area contributed by atoms with Crippen molar-refractivity contribution in [1.29, 1.82) is 0 Å². The van der Waals surface area contributed by atoms with Crippen molar-refractivity contribution in [2.75, 3.05) is 0 Å². The van der Waals surface area contributed by atoms with Crippen LogP contribution in [0.2, 0.25) is 0 Å². The molecule has 0 radical (unpaired) electrons. The van der Waals surface area contributed by atoms with Gasteiger partial charge in [0.05, 0.1) is 6.26 Å². The third kappa shape index (κ3) is 2.29. The van der Waals surface area contributed by atoms with Gasteiger partial charge in [0, 0.05) is 12.3 Å². The van der Waals surface area contributed by atoms with Crippen LogP contribution < -0.4 is 0 Å². The fourth-order valence-electron chi connectivity index (χ4n) is 1.92. The Kier molecular flexibility index (Phi) is 3.02. The number of halogens is 2. The molecule has 0 aliphatic rings. The lowest BCUT2D eigenvalue weighted by Gasteiger charge is -2.02. The maximum atomic E-state index is 13.7. The molecule has 1 aromatic carbocycles. The summed E-state index contributed by atoms with van der Waals surface area (Å²) >= 11 is 0. The van der Waals surface area contributed by atoms with Gasteiger partial charge in [0.2, 0.25) is 0 Å². The normalized spacial score (nSPS) is 10.8. The zero-order valence-electron chi connectivity index (χ0n) is 10.5. The highest BCUT2D eigenvalue weighted by atomic mass is 19.1. The molecule has 0 spiro atoms. The lowest BCUT2D eigenvalue weighted by Crippen LogP contribution is -1.99. The number of carbonyl (C=O) groups is 1. The second-order valence-corrected chi connectivity index (χ2v) is 4.21. The predicted octanol–water partition coefficient (Wildman–Crippen LogP) is 3.11. The quantitative estimate of drug-likeness (QED) is 0.804. The first-order valence-electron chi connectivity index (χ1n) is 5.88. The Morgan fingerprint density at radius 3 is 2.71 bits per heavy atom. The Bertz CT molecular complexity index is 810. The van der Waals surface area contributed by atoms with E-state index in [1.165, 1.54) is 12.3 Å². The molecule has 0 aliphatic heterocycles. The van der Waals surface area contributed by atoms with Crippen molar-refractivity contribution in [3.63, 3.8) is 0 Å². The number of rotatable bonds is 3. The molecular formula is C14H8F2N2O3. The largest absolute Gasteiger partial charge is 0.478 e. The van der Waals surface area contributed by atoms with E-state index in [4.69, 9.17) is 4.42 Å². The van der Waals surface area contributed by atoms with Crippen LogP contribution in [-0.2, 0) is 0 Å². The lowest BCUT2D eigenvalue weighted by molar-refractivity contribution is 0.0697. The topological polar surface area (TPSA) is 68.3 Å². The Hall–Kier alpha value is -2.96. The van der Waals surface area contributed by atoms with Gasteiger partial charge in [0.15, 0.2) is 11.6 Å². The van der Waals surface area contributed by atoms with E-state index in [2.05, 4.69) is 5.10 Å². The number of furan rings is 1. The summed E-state index contributed by atoms with van der Waals surface area (Å²) in [5.74, 6) is -2.56. The highest BCUT2D eigenvalue weighted by molar-refractivity contribution is 5.94. The Morgan fingerprint density at radius 1 is 1.29 bits per heavy atom.